The highest BCUT2D eigenvalue weighted by Crippen LogP contribution is 2.24. The van der Waals surface area contributed by atoms with E-state index in [4.69, 9.17) is 9.47 Å². The van der Waals surface area contributed by atoms with Gasteiger partial charge in [0.15, 0.2) is 0 Å². The van der Waals surface area contributed by atoms with Crippen LogP contribution in [-0.2, 0) is 19.1 Å². The number of carbonyl (C=O) groups excluding carboxylic acids is 3. The first kappa shape index (κ1) is 26.9. The summed E-state index contributed by atoms with van der Waals surface area (Å²) in [6.45, 7) is 9.20. The van der Waals surface area contributed by atoms with Gasteiger partial charge in [0.25, 0.3) is 0 Å². The van der Waals surface area contributed by atoms with Gasteiger partial charge in [-0.15, -0.1) is 0 Å². The van der Waals surface area contributed by atoms with E-state index in [1.165, 1.54) is 4.90 Å². The molecular formula is C23H35BrN4O5. The number of hydrogen-bond donors (Lipinski definition) is 1. The van der Waals surface area contributed by atoms with Crippen molar-refractivity contribution in [2.24, 2.45) is 5.92 Å². The first-order valence-electron chi connectivity index (χ1n) is 11.3. The number of halogens is 1. The van der Waals surface area contributed by atoms with E-state index in [1.54, 1.807) is 40.1 Å². The molecule has 0 aliphatic carbocycles. The fraction of sp³-hybridized carbons (Fsp3) is 0.652. The molecule has 1 aromatic rings. The Morgan fingerprint density at radius 1 is 1.24 bits per heavy atom. The number of pyridine rings is 1. The highest BCUT2D eigenvalue weighted by Gasteiger charge is 2.34. The highest BCUT2D eigenvalue weighted by molar-refractivity contribution is 9.09. The molecule has 0 spiro atoms. The molecule has 2 heterocycles. The largest absolute Gasteiger partial charge is 0.464 e. The third kappa shape index (κ3) is 8.83. The van der Waals surface area contributed by atoms with Crippen molar-refractivity contribution in [3.8, 4) is 0 Å². The summed E-state index contributed by atoms with van der Waals surface area (Å²) < 4.78 is 10.5. The quantitative estimate of drug-likeness (QED) is 0.389. The summed E-state index contributed by atoms with van der Waals surface area (Å²) in [5.74, 6) is -0.544. The second-order valence-corrected chi connectivity index (χ2v) is 9.53. The molecular weight excluding hydrogens is 492 g/mol. The SMILES string of the molecule is CCOC(=O)[C@@H](CNC(=O)OC(C)(C)C)N(CC1CCN(c2ccncc2)CC1)C(=O)CBr. The topological polar surface area (TPSA) is 101 Å². The van der Waals surface area contributed by atoms with E-state index >= 15 is 0 Å². The number of hydrogen-bond acceptors (Lipinski definition) is 7. The lowest BCUT2D eigenvalue weighted by atomic mass is 9.95. The Balaban J connectivity index is 2.07. The predicted molar refractivity (Wildman–Crippen MR) is 129 cm³/mol. The van der Waals surface area contributed by atoms with Crippen LogP contribution in [0.2, 0.25) is 0 Å². The Morgan fingerprint density at radius 3 is 2.42 bits per heavy atom. The van der Waals surface area contributed by atoms with Gasteiger partial charge in [-0.05, 0) is 58.6 Å². The smallest absolute Gasteiger partial charge is 0.407 e. The first-order chi connectivity index (χ1) is 15.6. The van der Waals surface area contributed by atoms with Crippen molar-refractivity contribution in [3.63, 3.8) is 0 Å². The fourth-order valence-corrected chi connectivity index (χ4v) is 4.06. The molecule has 9 nitrogen and oxygen atoms in total. The van der Waals surface area contributed by atoms with Gasteiger partial charge in [-0.1, -0.05) is 15.9 Å². The number of carbonyl (C=O) groups is 3. The lowest BCUT2D eigenvalue weighted by Gasteiger charge is -2.38. The van der Waals surface area contributed by atoms with Gasteiger partial charge in [-0.2, -0.15) is 0 Å². The number of piperidine rings is 1. The maximum atomic E-state index is 12.8. The van der Waals surface area contributed by atoms with E-state index in [0.29, 0.717) is 6.54 Å². The Bertz CT molecular complexity index is 779. The maximum Gasteiger partial charge on any atom is 0.407 e. The molecule has 0 radical (unpaired) electrons. The number of aromatic nitrogens is 1. The number of amides is 2. The number of alkyl carbamates (subject to hydrolysis) is 1. The van der Waals surface area contributed by atoms with Crippen molar-refractivity contribution in [1.29, 1.82) is 0 Å². The predicted octanol–water partition coefficient (Wildman–Crippen LogP) is 2.98. The summed E-state index contributed by atoms with van der Waals surface area (Å²) in [5.41, 5.74) is 0.459. The molecule has 2 amide bonds. The molecule has 0 bridgehead atoms. The van der Waals surface area contributed by atoms with Gasteiger partial charge < -0.3 is 24.6 Å². The molecule has 33 heavy (non-hydrogen) atoms. The molecule has 0 unspecified atom stereocenters. The average molecular weight is 527 g/mol. The molecule has 1 atom stereocenters. The zero-order valence-electron chi connectivity index (χ0n) is 19.9. The number of alkyl halides is 1. The van der Waals surface area contributed by atoms with Crippen molar-refractivity contribution in [1.82, 2.24) is 15.2 Å². The van der Waals surface area contributed by atoms with Gasteiger partial charge in [0, 0.05) is 37.7 Å². The fourth-order valence-electron chi connectivity index (χ4n) is 3.74. The molecule has 184 valence electrons. The van der Waals surface area contributed by atoms with Gasteiger partial charge in [-0.25, -0.2) is 9.59 Å². The monoisotopic (exact) mass is 526 g/mol. The minimum atomic E-state index is -0.930. The molecule has 1 aliphatic heterocycles. The van der Waals surface area contributed by atoms with E-state index in [2.05, 4.69) is 31.1 Å². The zero-order chi connectivity index (χ0) is 24.4. The van der Waals surface area contributed by atoms with Crippen molar-refractivity contribution < 1.29 is 23.9 Å². The van der Waals surface area contributed by atoms with E-state index in [1.807, 2.05) is 12.1 Å². The number of nitrogens with one attached hydrogen (secondary N) is 1. The molecule has 0 aromatic carbocycles. The van der Waals surface area contributed by atoms with Crippen LogP contribution < -0.4 is 10.2 Å². The molecule has 1 aromatic heterocycles. The van der Waals surface area contributed by atoms with Crippen LogP contribution in [0.25, 0.3) is 0 Å². The molecule has 1 N–H and O–H groups in total. The molecule has 10 heteroatoms. The van der Waals surface area contributed by atoms with Crippen LogP contribution in [0.4, 0.5) is 10.5 Å². The van der Waals surface area contributed by atoms with Crippen molar-refractivity contribution in [2.75, 3.05) is 43.0 Å². The number of anilines is 1. The van der Waals surface area contributed by atoms with Gasteiger partial charge in [0.1, 0.15) is 11.6 Å². The summed E-state index contributed by atoms with van der Waals surface area (Å²) in [4.78, 5) is 45.6. The number of esters is 1. The summed E-state index contributed by atoms with van der Waals surface area (Å²) >= 11 is 3.23. The Morgan fingerprint density at radius 2 is 1.88 bits per heavy atom. The van der Waals surface area contributed by atoms with Gasteiger partial charge in [0.2, 0.25) is 5.91 Å². The normalized spacial score (nSPS) is 15.5. The van der Waals surface area contributed by atoms with Crippen molar-refractivity contribution in [3.05, 3.63) is 24.5 Å². The van der Waals surface area contributed by atoms with Crippen molar-refractivity contribution in [2.45, 2.75) is 52.2 Å². The minimum Gasteiger partial charge on any atom is -0.464 e. The highest BCUT2D eigenvalue weighted by atomic mass is 79.9. The van der Waals surface area contributed by atoms with Crippen molar-refractivity contribution >= 4 is 39.6 Å². The van der Waals surface area contributed by atoms with Crippen LogP contribution in [0.1, 0.15) is 40.5 Å². The van der Waals surface area contributed by atoms with Gasteiger partial charge in [0.05, 0.1) is 18.5 Å². The van der Waals surface area contributed by atoms with E-state index in [-0.39, 0.29) is 30.3 Å². The zero-order valence-corrected chi connectivity index (χ0v) is 21.5. The van der Waals surface area contributed by atoms with E-state index in [9.17, 15) is 14.4 Å². The van der Waals surface area contributed by atoms with Crippen LogP contribution in [0, 0.1) is 5.92 Å². The molecule has 1 aliphatic rings. The molecule has 1 saturated heterocycles. The van der Waals surface area contributed by atoms with Gasteiger partial charge >= 0.3 is 12.1 Å². The third-order valence-corrected chi connectivity index (χ3v) is 5.79. The maximum absolute atomic E-state index is 12.8. The molecule has 0 saturated carbocycles. The summed E-state index contributed by atoms with van der Waals surface area (Å²) in [5, 5.41) is 2.69. The average Bonchev–Trinajstić information content (AvgIpc) is 2.78. The minimum absolute atomic E-state index is 0.0746. The molecule has 1 fully saturated rings. The number of nitrogens with zero attached hydrogens (tertiary/aromatic N) is 3. The van der Waals surface area contributed by atoms with Crippen LogP contribution in [0.5, 0.6) is 0 Å². The van der Waals surface area contributed by atoms with E-state index in [0.717, 1.165) is 31.6 Å². The lowest BCUT2D eigenvalue weighted by molar-refractivity contribution is -0.154. The Hall–Kier alpha value is -2.36. The Kier molecular flexibility index (Phi) is 10.4. The lowest BCUT2D eigenvalue weighted by Crippen LogP contribution is -2.54. The number of rotatable bonds is 9. The van der Waals surface area contributed by atoms with E-state index < -0.39 is 23.7 Å². The third-order valence-electron chi connectivity index (χ3n) is 5.31. The number of ether oxygens (including phenoxy) is 2. The second-order valence-electron chi connectivity index (χ2n) is 8.97. The Labute approximate surface area is 204 Å². The van der Waals surface area contributed by atoms with Crippen LogP contribution in [0.15, 0.2) is 24.5 Å². The van der Waals surface area contributed by atoms with Crippen LogP contribution in [0.3, 0.4) is 0 Å². The summed E-state index contributed by atoms with van der Waals surface area (Å²) in [6.07, 6.45) is 4.67. The van der Waals surface area contributed by atoms with Crippen LogP contribution in [-0.4, -0.2) is 77.6 Å². The summed E-state index contributed by atoms with van der Waals surface area (Å²) in [7, 11) is 0. The molecule has 2 rings (SSSR count). The standard InChI is InChI=1S/C23H35BrN4O5/c1-5-32-21(30)19(15-26-22(31)33-23(2,3)4)28(20(29)14-24)16-17-8-12-27(13-9-17)18-6-10-25-11-7-18/h6-7,10-11,17,19H,5,8-9,12-16H2,1-4H3,(H,26,31)/t19-/m1/s1. The summed E-state index contributed by atoms with van der Waals surface area (Å²) in [6, 6.07) is 3.04. The first-order valence-corrected chi connectivity index (χ1v) is 12.4. The van der Waals surface area contributed by atoms with Crippen LogP contribution >= 0.6 is 15.9 Å². The second kappa shape index (κ2) is 12.8. The van der Waals surface area contributed by atoms with Gasteiger partial charge in [-0.3, -0.25) is 9.78 Å².